The minimum absolute atomic E-state index is 0.212. The van der Waals surface area contributed by atoms with E-state index < -0.39 is 22.8 Å². The topological polar surface area (TPSA) is 72.8 Å². The summed E-state index contributed by atoms with van der Waals surface area (Å²) in [7, 11) is 0. The van der Waals surface area contributed by atoms with Crippen molar-refractivity contribution in [1.82, 2.24) is 0 Å². The van der Waals surface area contributed by atoms with Gasteiger partial charge in [0, 0.05) is 11.8 Å². The SMILES string of the molecule is CCOC(=O)[C@](C)(Sc1ccccc1)[C@@H](O)COC(C)=O. The van der Waals surface area contributed by atoms with Crippen LogP contribution >= 0.6 is 11.8 Å². The molecule has 0 saturated carbocycles. The number of hydrogen-bond acceptors (Lipinski definition) is 6. The van der Waals surface area contributed by atoms with Gasteiger partial charge < -0.3 is 14.6 Å². The number of aliphatic hydroxyl groups excluding tert-OH is 1. The Morgan fingerprint density at radius 1 is 1.29 bits per heavy atom. The molecule has 116 valence electrons. The van der Waals surface area contributed by atoms with Crippen molar-refractivity contribution in [3.05, 3.63) is 30.3 Å². The van der Waals surface area contributed by atoms with Crippen molar-refractivity contribution < 1.29 is 24.2 Å². The molecule has 0 bridgehead atoms. The Bertz CT molecular complexity index is 476. The third kappa shape index (κ3) is 5.06. The number of ether oxygens (including phenoxy) is 2. The standard InChI is InChI=1S/C15H20O5S/c1-4-19-14(18)15(3,13(17)10-20-11(2)16)21-12-8-6-5-7-9-12/h5-9,13,17H,4,10H2,1-3H3/t13-,15+/m0/s1. The summed E-state index contributed by atoms with van der Waals surface area (Å²) in [5.74, 6) is -1.05. The molecule has 0 spiro atoms. The summed E-state index contributed by atoms with van der Waals surface area (Å²) in [6, 6.07) is 9.21. The van der Waals surface area contributed by atoms with Crippen molar-refractivity contribution in [2.24, 2.45) is 0 Å². The molecule has 1 aromatic carbocycles. The Hall–Kier alpha value is -1.53. The number of aliphatic hydroxyl groups is 1. The van der Waals surface area contributed by atoms with Crippen LogP contribution in [-0.4, -0.2) is 41.1 Å². The molecular weight excluding hydrogens is 292 g/mol. The fourth-order valence-corrected chi connectivity index (χ4v) is 2.74. The summed E-state index contributed by atoms with van der Waals surface area (Å²) in [5.41, 5.74) is 0. The maximum absolute atomic E-state index is 12.2. The molecule has 1 N–H and O–H groups in total. The lowest BCUT2D eigenvalue weighted by molar-refractivity contribution is -0.154. The van der Waals surface area contributed by atoms with Gasteiger partial charge in [0.25, 0.3) is 0 Å². The summed E-state index contributed by atoms with van der Waals surface area (Å²) >= 11 is 1.18. The van der Waals surface area contributed by atoms with E-state index in [1.165, 1.54) is 18.7 Å². The summed E-state index contributed by atoms with van der Waals surface area (Å²) in [6.07, 6.45) is -1.18. The molecule has 0 aliphatic carbocycles. The van der Waals surface area contributed by atoms with E-state index in [9.17, 15) is 14.7 Å². The van der Waals surface area contributed by atoms with Gasteiger partial charge in [-0.3, -0.25) is 9.59 Å². The van der Waals surface area contributed by atoms with Crippen molar-refractivity contribution in [3.8, 4) is 0 Å². The van der Waals surface area contributed by atoms with Gasteiger partial charge in [0.2, 0.25) is 0 Å². The van der Waals surface area contributed by atoms with Crippen LogP contribution in [0, 0.1) is 0 Å². The minimum Gasteiger partial charge on any atom is -0.465 e. The smallest absolute Gasteiger partial charge is 0.325 e. The number of thioether (sulfide) groups is 1. The first-order valence-electron chi connectivity index (χ1n) is 6.63. The number of benzene rings is 1. The van der Waals surface area contributed by atoms with E-state index in [1.54, 1.807) is 13.8 Å². The lowest BCUT2D eigenvalue weighted by atomic mass is 10.0. The molecule has 1 aromatic rings. The maximum atomic E-state index is 12.2. The molecule has 0 unspecified atom stereocenters. The van der Waals surface area contributed by atoms with Gasteiger partial charge in [-0.15, -0.1) is 11.8 Å². The van der Waals surface area contributed by atoms with Crippen LogP contribution in [0.3, 0.4) is 0 Å². The van der Waals surface area contributed by atoms with E-state index in [4.69, 9.17) is 9.47 Å². The second kappa shape index (κ2) is 8.05. The average molecular weight is 312 g/mol. The predicted octanol–water partition coefficient (Wildman–Crippen LogP) is 2.02. The zero-order valence-electron chi connectivity index (χ0n) is 12.4. The third-order valence-electron chi connectivity index (χ3n) is 2.83. The van der Waals surface area contributed by atoms with E-state index in [-0.39, 0.29) is 13.2 Å². The molecule has 0 aromatic heterocycles. The highest BCUT2D eigenvalue weighted by Gasteiger charge is 2.44. The normalized spacial score (nSPS) is 14.9. The average Bonchev–Trinajstić information content (AvgIpc) is 2.45. The molecule has 1 rings (SSSR count). The molecule has 0 aliphatic heterocycles. The second-order valence-corrected chi connectivity index (χ2v) is 6.08. The molecule has 2 atom stereocenters. The zero-order valence-corrected chi connectivity index (χ0v) is 13.2. The lowest BCUT2D eigenvalue weighted by Gasteiger charge is -2.31. The highest BCUT2D eigenvalue weighted by Crippen LogP contribution is 2.36. The Morgan fingerprint density at radius 3 is 2.43 bits per heavy atom. The Morgan fingerprint density at radius 2 is 1.90 bits per heavy atom. The summed E-state index contributed by atoms with van der Waals surface area (Å²) < 4.78 is 8.60. The van der Waals surface area contributed by atoms with Crippen molar-refractivity contribution in [2.75, 3.05) is 13.2 Å². The van der Waals surface area contributed by atoms with Gasteiger partial charge in [-0.1, -0.05) is 18.2 Å². The second-order valence-electron chi connectivity index (χ2n) is 4.56. The predicted molar refractivity (Wildman–Crippen MR) is 80.0 cm³/mol. The Kier molecular flexibility index (Phi) is 6.71. The van der Waals surface area contributed by atoms with Gasteiger partial charge in [0.15, 0.2) is 0 Å². The van der Waals surface area contributed by atoms with E-state index in [1.807, 2.05) is 30.3 Å². The molecule has 0 amide bonds. The van der Waals surface area contributed by atoms with Gasteiger partial charge in [0.05, 0.1) is 6.61 Å². The maximum Gasteiger partial charge on any atom is 0.325 e. The number of hydrogen-bond donors (Lipinski definition) is 1. The fourth-order valence-electron chi connectivity index (χ4n) is 1.61. The fraction of sp³-hybridized carbons (Fsp3) is 0.467. The molecule has 0 saturated heterocycles. The van der Waals surface area contributed by atoms with Crippen molar-refractivity contribution >= 4 is 23.7 Å². The van der Waals surface area contributed by atoms with Crippen molar-refractivity contribution in [2.45, 2.75) is 36.5 Å². The quantitative estimate of drug-likeness (QED) is 0.613. The van der Waals surface area contributed by atoms with Crippen LogP contribution in [0.4, 0.5) is 0 Å². The van der Waals surface area contributed by atoms with Crippen LogP contribution in [0.5, 0.6) is 0 Å². The largest absolute Gasteiger partial charge is 0.465 e. The van der Waals surface area contributed by atoms with E-state index in [2.05, 4.69) is 0 Å². The summed E-state index contributed by atoms with van der Waals surface area (Å²) in [4.78, 5) is 23.9. The van der Waals surface area contributed by atoms with Crippen LogP contribution in [-0.2, 0) is 19.1 Å². The monoisotopic (exact) mass is 312 g/mol. The van der Waals surface area contributed by atoms with Crippen molar-refractivity contribution in [3.63, 3.8) is 0 Å². The van der Waals surface area contributed by atoms with E-state index in [0.717, 1.165) is 4.90 Å². The van der Waals surface area contributed by atoms with Crippen LogP contribution in [0.2, 0.25) is 0 Å². The number of rotatable bonds is 7. The Labute approximate surface area is 128 Å². The molecule has 0 fully saturated rings. The van der Waals surface area contributed by atoms with Gasteiger partial charge in [-0.05, 0) is 26.0 Å². The molecular formula is C15H20O5S. The van der Waals surface area contributed by atoms with E-state index in [0.29, 0.717) is 0 Å². The molecule has 0 radical (unpaired) electrons. The highest BCUT2D eigenvalue weighted by molar-refractivity contribution is 8.01. The lowest BCUT2D eigenvalue weighted by Crippen LogP contribution is -2.47. The number of carbonyl (C=O) groups is 2. The first kappa shape index (κ1) is 17.5. The molecule has 21 heavy (non-hydrogen) atoms. The zero-order chi connectivity index (χ0) is 15.9. The molecule has 6 heteroatoms. The molecule has 5 nitrogen and oxygen atoms in total. The highest BCUT2D eigenvalue weighted by atomic mass is 32.2. The first-order valence-corrected chi connectivity index (χ1v) is 7.44. The van der Waals surface area contributed by atoms with Gasteiger partial charge in [0.1, 0.15) is 17.5 Å². The third-order valence-corrected chi connectivity index (χ3v) is 4.20. The van der Waals surface area contributed by atoms with Crippen molar-refractivity contribution in [1.29, 1.82) is 0 Å². The van der Waals surface area contributed by atoms with Gasteiger partial charge in [-0.2, -0.15) is 0 Å². The first-order chi connectivity index (χ1) is 9.90. The molecule has 0 heterocycles. The van der Waals surface area contributed by atoms with Crippen LogP contribution in [0.1, 0.15) is 20.8 Å². The van der Waals surface area contributed by atoms with Gasteiger partial charge >= 0.3 is 11.9 Å². The van der Waals surface area contributed by atoms with Gasteiger partial charge in [-0.25, -0.2) is 0 Å². The van der Waals surface area contributed by atoms with Crippen LogP contribution in [0.15, 0.2) is 35.2 Å². The number of carbonyl (C=O) groups excluding carboxylic acids is 2. The Balaban J connectivity index is 2.93. The van der Waals surface area contributed by atoms with Crippen LogP contribution in [0.25, 0.3) is 0 Å². The summed E-state index contributed by atoms with van der Waals surface area (Å²) in [5, 5.41) is 10.3. The van der Waals surface area contributed by atoms with E-state index >= 15 is 0 Å². The minimum atomic E-state index is -1.26. The molecule has 0 aliphatic rings. The van der Waals surface area contributed by atoms with Crippen LogP contribution < -0.4 is 0 Å². The number of esters is 2. The summed E-state index contributed by atoms with van der Waals surface area (Å²) in [6.45, 7) is 4.48.